The lowest BCUT2D eigenvalue weighted by molar-refractivity contribution is -0.0231. The Morgan fingerprint density at radius 2 is 2.42 bits per heavy atom. The van der Waals surface area contributed by atoms with Gasteiger partial charge in [-0.15, -0.1) is 0 Å². The summed E-state index contributed by atoms with van der Waals surface area (Å²) in [6.07, 6.45) is 6.25. The van der Waals surface area contributed by atoms with Gasteiger partial charge in [0.2, 0.25) is 0 Å². The molecule has 1 fully saturated rings. The Balaban J connectivity index is 1.94. The van der Waals surface area contributed by atoms with E-state index in [1.807, 2.05) is 26.5 Å². The van der Waals surface area contributed by atoms with Crippen LogP contribution >= 0.6 is 0 Å². The Bertz CT molecular complexity index is 379. The highest BCUT2D eigenvalue weighted by atomic mass is 16.5. The fourth-order valence-corrected chi connectivity index (χ4v) is 3.02. The van der Waals surface area contributed by atoms with Crippen molar-refractivity contribution < 1.29 is 4.74 Å². The largest absolute Gasteiger partial charge is 0.381 e. The molecule has 1 saturated heterocycles. The van der Waals surface area contributed by atoms with Crippen molar-refractivity contribution in [1.82, 2.24) is 19.8 Å². The third-order valence-electron chi connectivity index (χ3n) is 3.89. The number of rotatable bonds is 6. The predicted octanol–water partition coefficient (Wildman–Crippen LogP) is 0.868. The van der Waals surface area contributed by atoms with E-state index in [0.29, 0.717) is 0 Å². The van der Waals surface area contributed by atoms with Gasteiger partial charge in [0.25, 0.3) is 0 Å². The van der Waals surface area contributed by atoms with Gasteiger partial charge in [-0.05, 0) is 26.9 Å². The molecule has 2 rings (SSSR count). The topological polar surface area (TPSA) is 42.3 Å². The summed E-state index contributed by atoms with van der Waals surface area (Å²) in [5.41, 5.74) is 0.243. The molecular weight excluding hydrogens is 240 g/mol. The van der Waals surface area contributed by atoms with Gasteiger partial charge in [-0.3, -0.25) is 4.90 Å². The van der Waals surface area contributed by atoms with Crippen LogP contribution in [-0.4, -0.2) is 54.8 Å². The zero-order valence-electron chi connectivity index (χ0n) is 12.4. The summed E-state index contributed by atoms with van der Waals surface area (Å²) in [6, 6.07) is 0. The van der Waals surface area contributed by atoms with Gasteiger partial charge < -0.3 is 14.6 Å². The van der Waals surface area contributed by atoms with Crippen LogP contribution in [0, 0.1) is 5.41 Å². The molecule has 1 atom stereocenters. The zero-order valence-corrected chi connectivity index (χ0v) is 12.4. The normalized spacial score (nSPS) is 24.0. The molecule has 1 N–H and O–H groups in total. The van der Waals surface area contributed by atoms with Crippen molar-refractivity contribution >= 4 is 0 Å². The van der Waals surface area contributed by atoms with Crippen LogP contribution in [0.5, 0.6) is 0 Å². The van der Waals surface area contributed by atoms with E-state index in [1.54, 1.807) is 0 Å². The van der Waals surface area contributed by atoms with Crippen molar-refractivity contribution in [2.45, 2.75) is 19.4 Å². The average Bonchev–Trinajstić information content (AvgIpc) is 2.76. The van der Waals surface area contributed by atoms with Crippen LogP contribution in [0.15, 0.2) is 12.4 Å². The monoisotopic (exact) mass is 266 g/mol. The third kappa shape index (κ3) is 3.78. The average molecular weight is 266 g/mol. The van der Waals surface area contributed by atoms with Crippen LogP contribution in [-0.2, 0) is 18.3 Å². The van der Waals surface area contributed by atoms with Gasteiger partial charge in [0.1, 0.15) is 5.82 Å². The first-order valence-electron chi connectivity index (χ1n) is 7.02. The number of nitrogens with zero attached hydrogens (tertiary/aromatic N) is 3. The Kier molecular flexibility index (Phi) is 4.96. The first-order chi connectivity index (χ1) is 9.15. The Labute approximate surface area is 116 Å². The highest BCUT2D eigenvalue weighted by Crippen LogP contribution is 2.29. The second-order valence-corrected chi connectivity index (χ2v) is 5.81. The van der Waals surface area contributed by atoms with E-state index in [2.05, 4.69) is 26.8 Å². The van der Waals surface area contributed by atoms with Crippen LogP contribution in [0.4, 0.5) is 0 Å². The van der Waals surface area contributed by atoms with Crippen LogP contribution in [0.1, 0.15) is 18.7 Å². The summed E-state index contributed by atoms with van der Waals surface area (Å²) in [5, 5.41) is 3.33. The molecule has 5 heteroatoms. The predicted molar refractivity (Wildman–Crippen MR) is 76.0 cm³/mol. The molecule has 0 aromatic carbocycles. The molecule has 0 aliphatic carbocycles. The molecular formula is C14H26N4O. The first-order valence-corrected chi connectivity index (χ1v) is 7.02. The molecule has 0 radical (unpaired) electrons. The van der Waals surface area contributed by atoms with Gasteiger partial charge in [0.05, 0.1) is 13.2 Å². The molecule has 5 nitrogen and oxygen atoms in total. The highest BCUT2D eigenvalue weighted by Gasteiger charge is 2.33. The first kappa shape index (κ1) is 14.5. The second kappa shape index (κ2) is 6.50. The zero-order chi connectivity index (χ0) is 13.7. The van der Waals surface area contributed by atoms with Crippen LogP contribution in [0.3, 0.4) is 0 Å². The molecule has 2 heterocycles. The standard InChI is InChI=1S/C14H26N4O/c1-15-10-14(5-4-8-19-12-14)11-17(2)9-13-16-6-7-18(13)3/h6-7,15H,4-5,8-12H2,1-3H3. The summed E-state index contributed by atoms with van der Waals surface area (Å²) in [4.78, 5) is 6.75. The molecule has 0 spiro atoms. The maximum absolute atomic E-state index is 5.71. The molecule has 1 unspecified atom stereocenters. The Hall–Kier alpha value is -0.910. The number of aryl methyl sites for hydroxylation is 1. The van der Waals surface area contributed by atoms with E-state index in [0.717, 1.165) is 45.1 Å². The van der Waals surface area contributed by atoms with Crippen LogP contribution in [0.25, 0.3) is 0 Å². The molecule has 19 heavy (non-hydrogen) atoms. The van der Waals surface area contributed by atoms with E-state index >= 15 is 0 Å². The van der Waals surface area contributed by atoms with Gasteiger partial charge in [-0.25, -0.2) is 4.98 Å². The van der Waals surface area contributed by atoms with Gasteiger partial charge in [0.15, 0.2) is 0 Å². The second-order valence-electron chi connectivity index (χ2n) is 5.81. The number of aromatic nitrogens is 2. The van der Waals surface area contributed by atoms with E-state index in [-0.39, 0.29) is 5.41 Å². The van der Waals surface area contributed by atoms with Crippen LogP contribution < -0.4 is 5.32 Å². The van der Waals surface area contributed by atoms with Crippen molar-refractivity contribution in [2.24, 2.45) is 12.5 Å². The smallest absolute Gasteiger partial charge is 0.122 e. The molecule has 0 amide bonds. The Morgan fingerprint density at radius 1 is 1.58 bits per heavy atom. The van der Waals surface area contributed by atoms with Crippen molar-refractivity contribution in [2.75, 3.05) is 40.4 Å². The minimum Gasteiger partial charge on any atom is -0.381 e. The molecule has 1 aromatic heterocycles. The lowest BCUT2D eigenvalue weighted by Crippen LogP contribution is -2.47. The van der Waals surface area contributed by atoms with Gasteiger partial charge in [-0.1, -0.05) is 0 Å². The fraction of sp³-hybridized carbons (Fsp3) is 0.786. The number of hydrogen-bond acceptors (Lipinski definition) is 4. The number of imidazole rings is 1. The third-order valence-corrected chi connectivity index (χ3v) is 3.89. The summed E-state index contributed by atoms with van der Waals surface area (Å²) >= 11 is 0. The van der Waals surface area contributed by atoms with Crippen LogP contribution in [0.2, 0.25) is 0 Å². The maximum atomic E-state index is 5.71. The highest BCUT2D eigenvalue weighted by molar-refractivity contribution is 4.92. The quantitative estimate of drug-likeness (QED) is 0.829. The SMILES string of the molecule is CNCC1(CN(C)Cc2nccn2C)CCCOC1. The van der Waals surface area contributed by atoms with Crippen molar-refractivity contribution in [1.29, 1.82) is 0 Å². The number of ether oxygens (including phenoxy) is 1. The van der Waals surface area contributed by atoms with E-state index in [9.17, 15) is 0 Å². The molecule has 1 aliphatic rings. The minimum atomic E-state index is 0.243. The lowest BCUT2D eigenvalue weighted by atomic mass is 9.82. The van der Waals surface area contributed by atoms with E-state index in [1.165, 1.54) is 6.42 Å². The summed E-state index contributed by atoms with van der Waals surface area (Å²) in [5.74, 6) is 1.11. The fourth-order valence-electron chi connectivity index (χ4n) is 3.02. The van der Waals surface area contributed by atoms with E-state index < -0.39 is 0 Å². The summed E-state index contributed by atoms with van der Waals surface area (Å²) < 4.78 is 7.79. The minimum absolute atomic E-state index is 0.243. The molecule has 1 aromatic rings. The molecule has 1 aliphatic heterocycles. The van der Waals surface area contributed by atoms with E-state index in [4.69, 9.17) is 4.74 Å². The van der Waals surface area contributed by atoms with Gasteiger partial charge in [0, 0.05) is 44.6 Å². The molecule has 108 valence electrons. The van der Waals surface area contributed by atoms with Gasteiger partial charge >= 0.3 is 0 Å². The summed E-state index contributed by atoms with van der Waals surface area (Å²) in [7, 11) is 6.24. The lowest BCUT2D eigenvalue weighted by Gasteiger charge is -2.39. The molecule has 0 saturated carbocycles. The number of hydrogen-bond donors (Lipinski definition) is 1. The Morgan fingerprint density at radius 3 is 3.00 bits per heavy atom. The van der Waals surface area contributed by atoms with Crippen molar-refractivity contribution in [3.63, 3.8) is 0 Å². The van der Waals surface area contributed by atoms with Gasteiger partial charge in [-0.2, -0.15) is 0 Å². The van der Waals surface area contributed by atoms with Crippen molar-refractivity contribution in [3.05, 3.63) is 18.2 Å². The number of nitrogens with one attached hydrogen (secondary N) is 1. The molecule has 0 bridgehead atoms. The van der Waals surface area contributed by atoms with Crippen molar-refractivity contribution in [3.8, 4) is 0 Å². The maximum Gasteiger partial charge on any atom is 0.122 e. The summed E-state index contributed by atoms with van der Waals surface area (Å²) in [6.45, 7) is 4.71.